The van der Waals surface area contributed by atoms with Gasteiger partial charge in [0, 0.05) is 16.1 Å². The van der Waals surface area contributed by atoms with Crippen molar-refractivity contribution in [1.82, 2.24) is 4.90 Å². The standard InChI is InChI=1S/C29H25ClF6N2O3.ClH/c1-4-40-26(37)17-5-8-24(30)23(13-17)22-7-6-20(28(31,32)33)12-19(22)14-38-16(3)25(41-27(38)39)18-9-15(2)10-21(11-18)29(34,35)36;/h5-13,16,25,37H,4,14H2,1-3H3;1H/t16-,25-;/m0./s1. The van der Waals surface area contributed by atoms with Crippen LogP contribution in [0.15, 0.2) is 54.6 Å². The number of alkyl halides is 6. The highest BCUT2D eigenvalue weighted by Crippen LogP contribution is 2.41. The van der Waals surface area contributed by atoms with Crippen molar-refractivity contribution in [2.45, 2.75) is 51.8 Å². The van der Waals surface area contributed by atoms with E-state index in [1.54, 1.807) is 13.8 Å². The van der Waals surface area contributed by atoms with Crippen LogP contribution in [0.25, 0.3) is 11.1 Å². The fraction of sp³-hybridized carbons (Fsp3) is 0.310. The normalized spacial score (nSPS) is 17.1. The SMILES string of the molecule is CCOC(=N)c1ccc(Cl)c(-c2ccc(C(F)(F)F)cc2CN2C(=O)O[C@H](c3cc(C)cc(C(F)(F)F)c3)[C@@H]2C)c1.Cl. The molecule has 4 rings (SSSR count). The lowest BCUT2D eigenvalue weighted by Gasteiger charge is -2.24. The summed E-state index contributed by atoms with van der Waals surface area (Å²) in [6.45, 7) is 4.61. The van der Waals surface area contributed by atoms with Crippen LogP contribution >= 0.6 is 24.0 Å². The van der Waals surface area contributed by atoms with E-state index in [0.29, 0.717) is 16.7 Å². The molecule has 0 radical (unpaired) electrons. The number of cyclic esters (lactones) is 1. The molecule has 13 heteroatoms. The number of hydrogen-bond donors (Lipinski definition) is 1. The summed E-state index contributed by atoms with van der Waals surface area (Å²) in [5, 5.41) is 8.27. The Hall–Kier alpha value is -3.44. The van der Waals surface area contributed by atoms with Gasteiger partial charge < -0.3 is 9.47 Å². The first kappa shape index (κ1) is 33.1. The lowest BCUT2D eigenvalue weighted by molar-refractivity contribution is -0.138. The number of nitrogens with one attached hydrogen (secondary N) is 1. The zero-order valence-corrected chi connectivity index (χ0v) is 24.1. The van der Waals surface area contributed by atoms with Crippen molar-refractivity contribution in [3.63, 3.8) is 0 Å². The molecule has 0 spiro atoms. The first-order chi connectivity index (χ1) is 19.1. The highest BCUT2D eigenvalue weighted by atomic mass is 35.5. The molecule has 0 unspecified atom stereocenters. The summed E-state index contributed by atoms with van der Waals surface area (Å²) < 4.78 is 92.0. The molecule has 1 amide bonds. The molecule has 0 bridgehead atoms. The monoisotopic (exact) mass is 634 g/mol. The van der Waals surface area contributed by atoms with Gasteiger partial charge >= 0.3 is 18.4 Å². The Labute approximate surface area is 249 Å². The van der Waals surface area contributed by atoms with Crippen LogP contribution in [-0.2, 0) is 28.4 Å². The fourth-order valence-corrected chi connectivity index (χ4v) is 4.97. The molecule has 3 aromatic carbocycles. The first-order valence-electron chi connectivity index (χ1n) is 12.5. The number of aryl methyl sites for hydroxylation is 1. The molecule has 0 aromatic heterocycles. The second kappa shape index (κ2) is 12.4. The van der Waals surface area contributed by atoms with Gasteiger partial charge in [0.25, 0.3) is 0 Å². The molecule has 5 nitrogen and oxygen atoms in total. The number of carbonyl (C=O) groups excluding carboxylic acids is 1. The van der Waals surface area contributed by atoms with E-state index in [9.17, 15) is 31.1 Å². The van der Waals surface area contributed by atoms with E-state index in [-0.39, 0.29) is 53.2 Å². The summed E-state index contributed by atoms with van der Waals surface area (Å²) in [5.41, 5.74) is -0.441. The smallest absolute Gasteiger partial charge is 0.416 e. The Bertz CT molecular complexity index is 1490. The zero-order valence-electron chi connectivity index (χ0n) is 22.5. The van der Waals surface area contributed by atoms with Crippen molar-refractivity contribution in [3.05, 3.63) is 93.0 Å². The molecule has 0 aliphatic carbocycles. The Morgan fingerprint density at radius 2 is 1.64 bits per heavy atom. The van der Waals surface area contributed by atoms with E-state index in [0.717, 1.165) is 24.3 Å². The summed E-state index contributed by atoms with van der Waals surface area (Å²) in [5.74, 6) is -0.158. The highest BCUT2D eigenvalue weighted by Gasteiger charge is 2.42. The maximum absolute atomic E-state index is 13.7. The minimum absolute atomic E-state index is 0. The molecule has 42 heavy (non-hydrogen) atoms. The third-order valence-corrected chi connectivity index (χ3v) is 7.06. The summed E-state index contributed by atoms with van der Waals surface area (Å²) in [6.07, 6.45) is -11.3. The number of rotatable bonds is 6. The highest BCUT2D eigenvalue weighted by molar-refractivity contribution is 6.33. The van der Waals surface area contributed by atoms with Crippen LogP contribution in [0.5, 0.6) is 0 Å². The van der Waals surface area contributed by atoms with E-state index in [1.165, 1.54) is 42.2 Å². The molecule has 0 saturated carbocycles. The first-order valence-corrected chi connectivity index (χ1v) is 12.9. The molecule has 1 aliphatic heterocycles. The predicted octanol–water partition coefficient (Wildman–Crippen LogP) is 9.22. The minimum atomic E-state index is -4.69. The van der Waals surface area contributed by atoms with Crippen molar-refractivity contribution in [3.8, 4) is 11.1 Å². The van der Waals surface area contributed by atoms with Crippen molar-refractivity contribution in [2.75, 3.05) is 6.61 Å². The van der Waals surface area contributed by atoms with Gasteiger partial charge in [0.15, 0.2) is 0 Å². The van der Waals surface area contributed by atoms with Crippen LogP contribution < -0.4 is 0 Å². The lowest BCUT2D eigenvalue weighted by atomic mass is 9.94. The maximum atomic E-state index is 13.7. The molecular formula is C29H26Cl2F6N2O3. The van der Waals surface area contributed by atoms with Crippen LogP contribution in [0, 0.1) is 12.3 Å². The van der Waals surface area contributed by atoms with Crippen molar-refractivity contribution in [2.24, 2.45) is 0 Å². The van der Waals surface area contributed by atoms with Gasteiger partial charge in [-0.1, -0.05) is 29.3 Å². The number of hydrogen-bond acceptors (Lipinski definition) is 4. The van der Waals surface area contributed by atoms with Crippen LogP contribution in [0.3, 0.4) is 0 Å². The largest absolute Gasteiger partial charge is 0.478 e. The van der Waals surface area contributed by atoms with Crippen LogP contribution in [0.2, 0.25) is 5.02 Å². The third kappa shape index (κ3) is 6.95. The molecular weight excluding hydrogens is 609 g/mol. The van der Waals surface area contributed by atoms with Gasteiger partial charge in [-0.15, -0.1) is 12.4 Å². The van der Waals surface area contributed by atoms with Gasteiger partial charge in [-0.05, 0) is 79.9 Å². The molecule has 1 N–H and O–H groups in total. The Morgan fingerprint density at radius 1 is 0.976 bits per heavy atom. The maximum Gasteiger partial charge on any atom is 0.416 e. The van der Waals surface area contributed by atoms with Gasteiger partial charge in [-0.3, -0.25) is 10.3 Å². The average molecular weight is 635 g/mol. The van der Waals surface area contributed by atoms with Crippen LogP contribution in [0.4, 0.5) is 31.1 Å². The molecule has 1 heterocycles. The summed E-state index contributed by atoms with van der Waals surface area (Å²) >= 11 is 6.43. The summed E-state index contributed by atoms with van der Waals surface area (Å²) in [4.78, 5) is 14.1. The number of benzene rings is 3. The van der Waals surface area contributed by atoms with Crippen LogP contribution in [-0.4, -0.2) is 29.5 Å². The van der Waals surface area contributed by atoms with Crippen molar-refractivity contribution < 1.29 is 40.6 Å². The van der Waals surface area contributed by atoms with E-state index in [2.05, 4.69) is 0 Å². The van der Waals surface area contributed by atoms with Crippen molar-refractivity contribution in [1.29, 1.82) is 5.41 Å². The Morgan fingerprint density at radius 3 is 2.26 bits per heavy atom. The molecule has 226 valence electrons. The second-order valence-electron chi connectivity index (χ2n) is 9.63. The van der Waals surface area contributed by atoms with E-state index >= 15 is 0 Å². The van der Waals surface area contributed by atoms with Gasteiger partial charge in [-0.25, -0.2) is 4.79 Å². The van der Waals surface area contributed by atoms with Gasteiger partial charge in [-0.2, -0.15) is 26.3 Å². The Kier molecular flexibility index (Phi) is 9.78. The second-order valence-corrected chi connectivity index (χ2v) is 10.0. The number of amides is 1. The quantitative estimate of drug-likeness (QED) is 0.167. The predicted molar refractivity (Wildman–Crippen MR) is 148 cm³/mol. The fourth-order valence-electron chi connectivity index (χ4n) is 4.75. The molecule has 2 atom stereocenters. The molecule has 1 saturated heterocycles. The molecule has 1 aliphatic rings. The number of nitrogens with zero attached hydrogens (tertiary/aromatic N) is 1. The van der Waals surface area contributed by atoms with E-state index < -0.39 is 41.7 Å². The van der Waals surface area contributed by atoms with E-state index in [4.69, 9.17) is 26.5 Å². The Balaban J connectivity index is 0.00000484. The van der Waals surface area contributed by atoms with Gasteiger partial charge in [0.1, 0.15) is 6.10 Å². The molecule has 3 aromatic rings. The third-order valence-electron chi connectivity index (χ3n) is 6.73. The minimum Gasteiger partial charge on any atom is -0.478 e. The van der Waals surface area contributed by atoms with Gasteiger partial charge in [0.05, 0.1) is 30.3 Å². The lowest BCUT2D eigenvalue weighted by Crippen LogP contribution is -2.31. The number of carbonyl (C=O) groups is 1. The molecule has 1 fully saturated rings. The van der Waals surface area contributed by atoms with E-state index in [1.807, 2.05) is 0 Å². The average Bonchev–Trinajstić information content (AvgIpc) is 3.16. The topological polar surface area (TPSA) is 62.6 Å². The number of halogens is 8. The van der Waals surface area contributed by atoms with Crippen molar-refractivity contribution >= 4 is 36.0 Å². The number of ether oxygens (including phenoxy) is 2. The van der Waals surface area contributed by atoms with Gasteiger partial charge in [0.2, 0.25) is 5.90 Å². The summed E-state index contributed by atoms with van der Waals surface area (Å²) in [6, 6.07) is 10.1. The zero-order chi connectivity index (χ0) is 30.3. The summed E-state index contributed by atoms with van der Waals surface area (Å²) in [7, 11) is 0. The van der Waals surface area contributed by atoms with Crippen LogP contribution in [0.1, 0.15) is 53.3 Å².